The summed E-state index contributed by atoms with van der Waals surface area (Å²) in [5.74, 6) is -1.25. The van der Waals surface area contributed by atoms with Crippen molar-refractivity contribution in [1.82, 2.24) is 0 Å². The number of halogens is 3. The molecule has 0 aliphatic carbocycles. The molecule has 1 saturated heterocycles. The van der Waals surface area contributed by atoms with Gasteiger partial charge in [0.25, 0.3) is 0 Å². The van der Waals surface area contributed by atoms with Crippen LogP contribution in [0, 0.1) is 5.92 Å². The summed E-state index contributed by atoms with van der Waals surface area (Å²) in [6.45, 7) is 1.95. The second-order valence-corrected chi connectivity index (χ2v) is 2.87. The fourth-order valence-electron chi connectivity index (χ4n) is 1.35. The molecule has 1 aliphatic heterocycles. The molecule has 1 nitrogen and oxygen atoms in total. The van der Waals surface area contributed by atoms with E-state index in [2.05, 4.69) is 0 Å². The lowest BCUT2D eigenvalue weighted by molar-refractivity contribution is -0.218. The Labute approximate surface area is 63.5 Å². The minimum atomic E-state index is -4.08. The van der Waals surface area contributed by atoms with Gasteiger partial charge in [0.15, 0.2) is 0 Å². The SMILES string of the molecule is CC1OCCCC1C(F)(F)F. The molecule has 0 amide bonds. The summed E-state index contributed by atoms with van der Waals surface area (Å²) < 4.78 is 41.2. The van der Waals surface area contributed by atoms with Gasteiger partial charge in [-0.2, -0.15) is 13.2 Å². The number of hydrogen-bond acceptors (Lipinski definition) is 1. The molecule has 0 aromatic carbocycles. The molecule has 0 N–H and O–H groups in total. The maximum Gasteiger partial charge on any atom is 0.394 e. The van der Waals surface area contributed by atoms with Gasteiger partial charge in [0, 0.05) is 6.61 Å². The largest absolute Gasteiger partial charge is 0.394 e. The van der Waals surface area contributed by atoms with Crippen molar-refractivity contribution in [3.05, 3.63) is 0 Å². The van der Waals surface area contributed by atoms with Crippen LogP contribution in [-0.2, 0) is 4.74 Å². The lowest BCUT2D eigenvalue weighted by atomic mass is 9.95. The smallest absolute Gasteiger partial charge is 0.378 e. The third kappa shape index (κ3) is 2.09. The average molecular weight is 168 g/mol. The first-order valence-electron chi connectivity index (χ1n) is 3.70. The predicted molar refractivity (Wildman–Crippen MR) is 34.2 cm³/mol. The van der Waals surface area contributed by atoms with Crippen LogP contribution in [0.25, 0.3) is 0 Å². The van der Waals surface area contributed by atoms with Crippen molar-refractivity contribution in [1.29, 1.82) is 0 Å². The molecule has 2 atom stereocenters. The van der Waals surface area contributed by atoms with Crippen LogP contribution in [-0.4, -0.2) is 18.9 Å². The van der Waals surface area contributed by atoms with Crippen LogP contribution < -0.4 is 0 Å². The highest BCUT2D eigenvalue weighted by Crippen LogP contribution is 2.35. The Bertz CT molecular complexity index is 132. The first-order valence-corrected chi connectivity index (χ1v) is 3.70. The maximum atomic E-state index is 12.1. The molecule has 66 valence electrons. The highest BCUT2D eigenvalue weighted by molar-refractivity contribution is 4.76. The normalized spacial score (nSPS) is 33.8. The Balaban J connectivity index is 2.55. The van der Waals surface area contributed by atoms with E-state index in [1.807, 2.05) is 0 Å². The van der Waals surface area contributed by atoms with E-state index in [0.29, 0.717) is 13.0 Å². The van der Waals surface area contributed by atoms with E-state index in [1.165, 1.54) is 6.92 Å². The van der Waals surface area contributed by atoms with Crippen LogP contribution in [0.5, 0.6) is 0 Å². The molecule has 0 bridgehead atoms. The third-order valence-electron chi connectivity index (χ3n) is 2.03. The summed E-state index contributed by atoms with van der Waals surface area (Å²) in [5, 5.41) is 0. The molecule has 1 rings (SSSR count). The summed E-state index contributed by atoms with van der Waals surface area (Å²) in [7, 11) is 0. The molecule has 1 fully saturated rings. The standard InChI is InChI=1S/C7H11F3O/c1-5-6(7(8,9)10)3-2-4-11-5/h5-6H,2-4H2,1H3. The minimum absolute atomic E-state index is 0.213. The van der Waals surface area contributed by atoms with Crippen molar-refractivity contribution in [3.8, 4) is 0 Å². The monoisotopic (exact) mass is 168 g/mol. The van der Waals surface area contributed by atoms with E-state index in [9.17, 15) is 13.2 Å². The first kappa shape index (κ1) is 8.84. The fourth-order valence-corrected chi connectivity index (χ4v) is 1.35. The van der Waals surface area contributed by atoms with Crippen molar-refractivity contribution in [2.45, 2.75) is 32.0 Å². The molecule has 0 spiro atoms. The summed E-state index contributed by atoms with van der Waals surface area (Å²) >= 11 is 0. The molecule has 1 aliphatic rings. The highest BCUT2D eigenvalue weighted by Gasteiger charge is 2.44. The van der Waals surface area contributed by atoms with Gasteiger partial charge in [0.05, 0.1) is 12.0 Å². The minimum Gasteiger partial charge on any atom is -0.378 e. The lowest BCUT2D eigenvalue weighted by Gasteiger charge is -2.30. The van der Waals surface area contributed by atoms with Gasteiger partial charge in [-0.05, 0) is 19.8 Å². The van der Waals surface area contributed by atoms with Crippen molar-refractivity contribution >= 4 is 0 Å². The zero-order chi connectivity index (χ0) is 8.48. The lowest BCUT2D eigenvalue weighted by Crippen LogP contribution is -2.37. The Hall–Kier alpha value is -0.250. The molecule has 0 radical (unpaired) electrons. The topological polar surface area (TPSA) is 9.23 Å². The number of ether oxygens (including phenoxy) is 1. The maximum absolute atomic E-state index is 12.1. The molecule has 11 heavy (non-hydrogen) atoms. The second-order valence-electron chi connectivity index (χ2n) is 2.87. The van der Waals surface area contributed by atoms with Gasteiger partial charge in [-0.15, -0.1) is 0 Å². The van der Waals surface area contributed by atoms with E-state index in [0.717, 1.165) is 0 Å². The molecule has 0 aromatic heterocycles. The van der Waals surface area contributed by atoms with Crippen LogP contribution in [0.2, 0.25) is 0 Å². The van der Waals surface area contributed by atoms with Crippen molar-refractivity contribution < 1.29 is 17.9 Å². The van der Waals surface area contributed by atoms with Gasteiger partial charge in [0.2, 0.25) is 0 Å². The van der Waals surface area contributed by atoms with Gasteiger partial charge in [-0.1, -0.05) is 0 Å². The average Bonchev–Trinajstić information content (AvgIpc) is 1.86. The predicted octanol–water partition coefficient (Wildman–Crippen LogP) is 2.36. The van der Waals surface area contributed by atoms with E-state index in [-0.39, 0.29) is 6.42 Å². The third-order valence-corrected chi connectivity index (χ3v) is 2.03. The Morgan fingerprint density at radius 1 is 1.36 bits per heavy atom. The van der Waals surface area contributed by atoms with E-state index >= 15 is 0 Å². The van der Waals surface area contributed by atoms with Gasteiger partial charge >= 0.3 is 6.18 Å². The van der Waals surface area contributed by atoms with Crippen molar-refractivity contribution in [2.75, 3.05) is 6.61 Å². The fraction of sp³-hybridized carbons (Fsp3) is 1.00. The van der Waals surface area contributed by atoms with Gasteiger partial charge in [-0.25, -0.2) is 0 Å². The second kappa shape index (κ2) is 3.01. The Kier molecular flexibility index (Phi) is 2.42. The molecular formula is C7H11F3O. The summed E-state index contributed by atoms with van der Waals surface area (Å²) in [6.07, 6.45) is -4.01. The van der Waals surface area contributed by atoms with Crippen molar-refractivity contribution in [2.24, 2.45) is 5.92 Å². The quantitative estimate of drug-likeness (QED) is 0.539. The summed E-state index contributed by atoms with van der Waals surface area (Å²) in [5.41, 5.74) is 0. The molecule has 0 saturated carbocycles. The Morgan fingerprint density at radius 2 is 2.00 bits per heavy atom. The van der Waals surface area contributed by atoms with Gasteiger partial charge in [0.1, 0.15) is 0 Å². The number of hydrogen-bond donors (Lipinski definition) is 0. The van der Waals surface area contributed by atoms with E-state index < -0.39 is 18.2 Å². The zero-order valence-corrected chi connectivity index (χ0v) is 6.32. The Morgan fingerprint density at radius 3 is 2.36 bits per heavy atom. The first-order chi connectivity index (χ1) is 5.02. The van der Waals surface area contributed by atoms with Gasteiger partial charge < -0.3 is 4.74 Å². The van der Waals surface area contributed by atoms with Crippen molar-refractivity contribution in [3.63, 3.8) is 0 Å². The van der Waals surface area contributed by atoms with Crippen LogP contribution in [0.1, 0.15) is 19.8 Å². The molecule has 1 heterocycles. The number of rotatable bonds is 0. The van der Waals surface area contributed by atoms with Crippen LogP contribution in [0.3, 0.4) is 0 Å². The van der Waals surface area contributed by atoms with Gasteiger partial charge in [-0.3, -0.25) is 0 Å². The van der Waals surface area contributed by atoms with Crippen LogP contribution in [0.15, 0.2) is 0 Å². The molecule has 2 unspecified atom stereocenters. The summed E-state index contributed by atoms with van der Waals surface area (Å²) in [6, 6.07) is 0. The molecular weight excluding hydrogens is 157 g/mol. The molecule has 0 aromatic rings. The van der Waals surface area contributed by atoms with Crippen LogP contribution in [0.4, 0.5) is 13.2 Å². The summed E-state index contributed by atoms with van der Waals surface area (Å²) in [4.78, 5) is 0. The van der Waals surface area contributed by atoms with E-state index in [1.54, 1.807) is 0 Å². The van der Waals surface area contributed by atoms with E-state index in [4.69, 9.17) is 4.74 Å². The zero-order valence-electron chi connectivity index (χ0n) is 6.32. The molecule has 4 heteroatoms. The highest BCUT2D eigenvalue weighted by atomic mass is 19.4. The van der Waals surface area contributed by atoms with Crippen LogP contribution >= 0.6 is 0 Å². The number of alkyl halides is 3.